The van der Waals surface area contributed by atoms with Gasteiger partial charge in [-0.05, 0) is 30.0 Å². The number of carbonyl (C=O) groups is 1. The molecule has 0 unspecified atom stereocenters. The highest BCUT2D eigenvalue weighted by Crippen LogP contribution is 2.48. The van der Waals surface area contributed by atoms with Crippen LogP contribution in [0.2, 0.25) is 0 Å². The summed E-state index contributed by atoms with van der Waals surface area (Å²) in [6.07, 6.45) is 7.11. The van der Waals surface area contributed by atoms with Crippen LogP contribution in [0.15, 0.2) is 53.0 Å². The van der Waals surface area contributed by atoms with Crippen molar-refractivity contribution in [2.24, 2.45) is 0 Å². The van der Waals surface area contributed by atoms with Crippen LogP contribution < -0.4 is 5.73 Å². The molecule has 6 nitrogen and oxygen atoms in total. The van der Waals surface area contributed by atoms with E-state index in [2.05, 4.69) is 22.1 Å². The van der Waals surface area contributed by atoms with E-state index in [1.165, 1.54) is 24.2 Å². The van der Waals surface area contributed by atoms with Crippen LogP contribution >= 0.6 is 23.1 Å². The lowest BCUT2D eigenvalue weighted by molar-refractivity contribution is 0.0816. The molecule has 0 saturated heterocycles. The molecule has 0 atom stereocenters. The van der Waals surface area contributed by atoms with Gasteiger partial charge in [-0.3, -0.25) is 4.79 Å². The van der Waals surface area contributed by atoms with E-state index in [1.807, 2.05) is 36.0 Å². The molecule has 5 rings (SSSR count). The van der Waals surface area contributed by atoms with Crippen molar-refractivity contribution in [1.82, 2.24) is 19.9 Å². The molecule has 1 aromatic carbocycles. The number of anilines is 1. The van der Waals surface area contributed by atoms with E-state index >= 15 is 0 Å². The molecule has 1 aliphatic rings. The van der Waals surface area contributed by atoms with E-state index in [0.717, 1.165) is 42.5 Å². The number of fused-ring (bicyclic) bond motifs is 1. The summed E-state index contributed by atoms with van der Waals surface area (Å²) in [6.45, 7) is 0. The second-order valence-electron chi connectivity index (χ2n) is 8.07. The van der Waals surface area contributed by atoms with E-state index in [1.54, 1.807) is 37.8 Å². The van der Waals surface area contributed by atoms with Gasteiger partial charge in [0.1, 0.15) is 4.83 Å². The molecule has 3 heterocycles. The normalized spacial score (nSPS) is 13.8. The predicted molar refractivity (Wildman–Crippen MR) is 132 cm³/mol. The molecule has 1 amide bonds. The first kappa shape index (κ1) is 20.9. The summed E-state index contributed by atoms with van der Waals surface area (Å²) < 4.78 is 1.15. The number of hydrogen-bond donors (Lipinski definition) is 1. The number of amides is 1. The molecule has 3 aromatic heterocycles. The topological polar surface area (TPSA) is 85.0 Å². The molecule has 32 heavy (non-hydrogen) atoms. The van der Waals surface area contributed by atoms with Crippen molar-refractivity contribution >= 4 is 44.9 Å². The zero-order chi connectivity index (χ0) is 22.2. The van der Waals surface area contributed by atoms with E-state index in [0.29, 0.717) is 5.25 Å². The average molecular weight is 462 g/mol. The summed E-state index contributed by atoms with van der Waals surface area (Å²) in [4.78, 5) is 28.0. The second kappa shape index (κ2) is 8.52. The molecule has 8 heteroatoms. The summed E-state index contributed by atoms with van der Waals surface area (Å²) in [5.41, 5.74) is 11.1. The summed E-state index contributed by atoms with van der Waals surface area (Å²) >= 11 is 3.54. The van der Waals surface area contributed by atoms with Gasteiger partial charge >= 0.3 is 0 Å². The van der Waals surface area contributed by atoms with Gasteiger partial charge in [0.2, 0.25) is 5.82 Å². The van der Waals surface area contributed by atoms with Crippen molar-refractivity contribution in [3.63, 3.8) is 0 Å². The van der Waals surface area contributed by atoms with E-state index in [9.17, 15) is 4.79 Å². The molecule has 4 aromatic rings. The molecule has 0 bridgehead atoms. The standard InChI is InChI=1S/C24H23N5OS2/c1-29(2)23(30)21-26-12-15(13-27-21)18-11-17(14-7-4-3-5-8-14)19-20(25)24(32-22(19)28-18)31-16-9-6-10-16/h3-5,7-8,11-13,16H,6,9-10,25H2,1-2H3. The zero-order valence-corrected chi connectivity index (χ0v) is 19.5. The van der Waals surface area contributed by atoms with Gasteiger partial charge in [0.15, 0.2) is 0 Å². The summed E-state index contributed by atoms with van der Waals surface area (Å²) in [6, 6.07) is 12.3. The maximum absolute atomic E-state index is 12.1. The van der Waals surface area contributed by atoms with Gasteiger partial charge in [-0.2, -0.15) is 0 Å². The molecule has 1 aliphatic carbocycles. The first-order valence-electron chi connectivity index (χ1n) is 10.5. The molecule has 1 fully saturated rings. The van der Waals surface area contributed by atoms with E-state index in [4.69, 9.17) is 10.7 Å². The molecule has 1 saturated carbocycles. The second-order valence-corrected chi connectivity index (χ2v) is 10.6. The number of aromatic nitrogens is 3. The Kier molecular flexibility index (Phi) is 5.57. The maximum atomic E-state index is 12.1. The molecule has 2 N–H and O–H groups in total. The lowest BCUT2D eigenvalue weighted by Gasteiger charge is -2.23. The summed E-state index contributed by atoms with van der Waals surface area (Å²) in [7, 11) is 3.36. The molecule has 0 aliphatic heterocycles. The average Bonchev–Trinajstić information content (AvgIpc) is 3.11. The third-order valence-electron chi connectivity index (χ3n) is 5.62. The Bertz CT molecular complexity index is 1280. The highest BCUT2D eigenvalue weighted by atomic mass is 32.2. The Balaban J connectivity index is 1.63. The lowest BCUT2D eigenvalue weighted by Crippen LogP contribution is -2.23. The molecule has 0 radical (unpaired) electrons. The molecule has 0 spiro atoms. The van der Waals surface area contributed by atoms with Crippen molar-refractivity contribution in [2.45, 2.75) is 28.7 Å². The molecular weight excluding hydrogens is 438 g/mol. The van der Waals surface area contributed by atoms with Crippen molar-refractivity contribution in [1.29, 1.82) is 0 Å². The number of nitrogen functional groups attached to an aromatic ring is 1. The number of nitrogens with two attached hydrogens (primary N) is 1. The van der Waals surface area contributed by atoms with Gasteiger partial charge in [0.25, 0.3) is 5.91 Å². The van der Waals surface area contributed by atoms with Gasteiger partial charge in [0.05, 0.1) is 15.6 Å². The zero-order valence-electron chi connectivity index (χ0n) is 17.9. The van der Waals surface area contributed by atoms with Crippen molar-refractivity contribution < 1.29 is 4.79 Å². The Morgan fingerprint density at radius 1 is 1.12 bits per heavy atom. The largest absolute Gasteiger partial charge is 0.397 e. The third-order valence-corrected chi connectivity index (χ3v) is 8.29. The quantitative estimate of drug-likeness (QED) is 0.431. The fourth-order valence-electron chi connectivity index (χ4n) is 3.59. The number of carbonyl (C=O) groups excluding carboxylic acids is 1. The fourth-order valence-corrected chi connectivity index (χ4v) is 6.38. The van der Waals surface area contributed by atoms with E-state index < -0.39 is 0 Å². The minimum Gasteiger partial charge on any atom is -0.397 e. The van der Waals surface area contributed by atoms with Gasteiger partial charge in [-0.25, -0.2) is 15.0 Å². The Morgan fingerprint density at radius 2 is 1.84 bits per heavy atom. The number of rotatable bonds is 5. The summed E-state index contributed by atoms with van der Waals surface area (Å²) in [5, 5.41) is 1.66. The molecular formula is C24H23N5OS2. The predicted octanol–water partition coefficient (Wildman–Crippen LogP) is 5.35. The van der Waals surface area contributed by atoms with Gasteiger partial charge in [-0.1, -0.05) is 36.8 Å². The minimum absolute atomic E-state index is 0.169. The maximum Gasteiger partial charge on any atom is 0.291 e. The first-order chi connectivity index (χ1) is 15.5. The van der Waals surface area contributed by atoms with Crippen LogP contribution in [0.1, 0.15) is 29.9 Å². The number of thiophene rings is 1. The van der Waals surface area contributed by atoms with Crippen LogP contribution in [0, 0.1) is 0 Å². The van der Waals surface area contributed by atoms with Crippen LogP contribution in [0.25, 0.3) is 32.6 Å². The van der Waals surface area contributed by atoms with Crippen molar-refractivity contribution in [3.05, 3.63) is 54.6 Å². The smallest absolute Gasteiger partial charge is 0.291 e. The number of thioether (sulfide) groups is 1. The summed E-state index contributed by atoms with van der Waals surface area (Å²) in [5.74, 6) is -0.0590. The highest BCUT2D eigenvalue weighted by Gasteiger charge is 2.24. The Hall–Kier alpha value is -2.97. The highest BCUT2D eigenvalue weighted by molar-refractivity contribution is 8.02. The monoisotopic (exact) mass is 461 g/mol. The van der Waals surface area contributed by atoms with Crippen molar-refractivity contribution in [3.8, 4) is 22.4 Å². The number of pyridine rings is 1. The van der Waals surface area contributed by atoms with Crippen molar-refractivity contribution in [2.75, 3.05) is 19.8 Å². The van der Waals surface area contributed by atoms with Gasteiger partial charge in [-0.15, -0.1) is 23.1 Å². The fraction of sp³-hybridized carbons (Fsp3) is 0.250. The number of benzene rings is 1. The van der Waals surface area contributed by atoms with Crippen LogP contribution in [-0.4, -0.2) is 45.1 Å². The van der Waals surface area contributed by atoms with Crippen LogP contribution in [0.5, 0.6) is 0 Å². The third kappa shape index (κ3) is 3.84. The van der Waals surface area contributed by atoms with Gasteiger partial charge in [0, 0.05) is 42.7 Å². The van der Waals surface area contributed by atoms with Crippen LogP contribution in [0.4, 0.5) is 5.69 Å². The first-order valence-corrected chi connectivity index (χ1v) is 12.2. The number of hydrogen-bond acceptors (Lipinski definition) is 7. The van der Waals surface area contributed by atoms with E-state index in [-0.39, 0.29) is 11.7 Å². The SMILES string of the molecule is CN(C)C(=O)c1ncc(-c2cc(-c3ccccc3)c3c(N)c(SC4CCC4)sc3n2)cn1. The minimum atomic E-state index is -0.228. The Morgan fingerprint density at radius 3 is 2.47 bits per heavy atom. The lowest BCUT2D eigenvalue weighted by atomic mass is 10.00. The number of nitrogens with zero attached hydrogens (tertiary/aromatic N) is 4. The molecule has 162 valence electrons. The van der Waals surface area contributed by atoms with Crippen LogP contribution in [-0.2, 0) is 0 Å². The Labute approximate surface area is 194 Å². The van der Waals surface area contributed by atoms with Crippen LogP contribution in [0.3, 0.4) is 0 Å². The van der Waals surface area contributed by atoms with Gasteiger partial charge < -0.3 is 10.6 Å².